The summed E-state index contributed by atoms with van der Waals surface area (Å²) < 4.78 is 0.856. The van der Waals surface area contributed by atoms with Crippen molar-refractivity contribution in [3.8, 4) is 0 Å². The van der Waals surface area contributed by atoms with E-state index in [4.69, 9.17) is 11.6 Å². The largest absolute Gasteiger partial charge is 0.306 e. The Kier molecular flexibility index (Phi) is 3.81. The van der Waals surface area contributed by atoms with Gasteiger partial charge in [-0.05, 0) is 46.3 Å². The van der Waals surface area contributed by atoms with E-state index in [2.05, 4.69) is 34.4 Å². The summed E-state index contributed by atoms with van der Waals surface area (Å²) in [5.74, 6) is 0. The molecule has 1 unspecified atom stereocenters. The molecule has 2 aromatic heterocycles. The number of thiophene rings is 2. The molecular formula is C11H12ClNS2. The summed E-state index contributed by atoms with van der Waals surface area (Å²) in [6, 6.07) is 4.52. The molecule has 15 heavy (non-hydrogen) atoms. The van der Waals surface area contributed by atoms with Gasteiger partial charge in [-0.1, -0.05) is 11.6 Å². The monoisotopic (exact) mass is 257 g/mol. The number of hydrogen-bond donors (Lipinski definition) is 1. The SMILES string of the molecule is CC(NCc1ccsc1)c1csc(Cl)c1. The van der Waals surface area contributed by atoms with E-state index in [9.17, 15) is 0 Å². The van der Waals surface area contributed by atoms with Gasteiger partial charge >= 0.3 is 0 Å². The molecule has 1 atom stereocenters. The molecule has 0 saturated carbocycles. The first kappa shape index (κ1) is 11.1. The van der Waals surface area contributed by atoms with E-state index in [1.54, 1.807) is 22.7 Å². The summed E-state index contributed by atoms with van der Waals surface area (Å²) in [6.07, 6.45) is 0. The third-order valence-electron chi connectivity index (χ3n) is 2.28. The number of rotatable bonds is 4. The number of nitrogens with one attached hydrogen (secondary N) is 1. The molecule has 2 rings (SSSR count). The third-order valence-corrected chi connectivity index (χ3v) is 4.12. The summed E-state index contributed by atoms with van der Waals surface area (Å²) in [5, 5.41) is 9.84. The van der Waals surface area contributed by atoms with E-state index < -0.39 is 0 Å². The fourth-order valence-electron chi connectivity index (χ4n) is 1.33. The summed E-state index contributed by atoms with van der Waals surface area (Å²) in [5.41, 5.74) is 2.61. The van der Waals surface area contributed by atoms with Gasteiger partial charge in [0.05, 0.1) is 4.34 Å². The first-order chi connectivity index (χ1) is 7.25. The highest BCUT2D eigenvalue weighted by Gasteiger charge is 2.06. The normalized spacial score (nSPS) is 12.9. The van der Waals surface area contributed by atoms with Crippen LogP contribution < -0.4 is 5.32 Å². The first-order valence-electron chi connectivity index (χ1n) is 4.74. The number of hydrogen-bond acceptors (Lipinski definition) is 3. The standard InChI is InChI=1S/C11H12ClNS2/c1-8(10-4-11(12)15-7-10)13-5-9-2-3-14-6-9/h2-4,6-8,13H,5H2,1H3. The van der Waals surface area contributed by atoms with Crippen molar-refractivity contribution in [3.05, 3.63) is 43.7 Å². The minimum Gasteiger partial charge on any atom is -0.306 e. The summed E-state index contributed by atoms with van der Waals surface area (Å²) in [7, 11) is 0. The minimum absolute atomic E-state index is 0.355. The second-order valence-corrected chi connectivity index (χ2v) is 5.74. The molecule has 0 aromatic carbocycles. The Labute approximate surface area is 103 Å². The summed E-state index contributed by atoms with van der Waals surface area (Å²) in [4.78, 5) is 0. The van der Waals surface area contributed by atoms with Crippen molar-refractivity contribution in [2.75, 3.05) is 0 Å². The molecule has 0 saturated heterocycles. The van der Waals surface area contributed by atoms with Crippen LogP contribution in [0.5, 0.6) is 0 Å². The molecule has 0 radical (unpaired) electrons. The van der Waals surface area contributed by atoms with Crippen LogP contribution in [0.4, 0.5) is 0 Å². The highest BCUT2D eigenvalue weighted by atomic mass is 35.5. The first-order valence-corrected chi connectivity index (χ1v) is 6.94. The highest BCUT2D eigenvalue weighted by Crippen LogP contribution is 2.24. The fraction of sp³-hybridized carbons (Fsp3) is 0.273. The van der Waals surface area contributed by atoms with Gasteiger partial charge in [0.15, 0.2) is 0 Å². The van der Waals surface area contributed by atoms with E-state index in [0.29, 0.717) is 6.04 Å². The van der Waals surface area contributed by atoms with Crippen LogP contribution in [0.2, 0.25) is 4.34 Å². The van der Waals surface area contributed by atoms with Gasteiger partial charge in [-0.25, -0.2) is 0 Å². The van der Waals surface area contributed by atoms with Gasteiger partial charge in [-0.2, -0.15) is 11.3 Å². The lowest BCUT2D eigenvalue weighted by molar-refractivity contribution is 0.577. The van der Waals surface area contributed by atoms with Crippen molar-refractivity contribution in [3.63, 3.8) is 0 Å². The van der Waals surface area contributed by atoms with Crippen molar-refractivity contribution in [1.29, 1.82) is 0 Å². The predicted octanol–water partition coefficient (Wildman–Crippen LogP) is 4.31. The fourth-order valence-corrected chi connectivity index (χ4v) is 2.99. The molecular weight excluding hydrogens is 246 g/mol. The Bertz CT molecular complexity index is 408. The second-order valence-electron chi connectivity index (χ2n) is 3.42. The van der Waals surface area contributed by atoms with Crippen LogP contribution in [0.25, 0.3) is 0 Å². The van der Waals surface area contributed by atoms with Crippen LogP contribution >= 0.6 is 34.3 Å². The molecule has 2 aromatic rings. The van der Waals surface area contributed by atoms with Crippen molar-refractivity contribution >= 4 is 34.3 Å². The van der Waals surface area contributed by atoms with Crippen molar-refractivity contribution in [2.24, 2.45) is 0 Å². The Morgan fingerprint density at radius 3 is 2.93 bits per heavy atom. The zero-order valence-electron chi connectivity index (χ0n) is 8.37. The van der Waals surface area contributed by atoms with Gasteiger partial charge in [-0.3, -0.25) is 0 Å². The molecule has 0 amide bonds. The van der Waals surface area contributed by atoms with Crippen LogP contribution in [-0.2, 0) is 6.54 Å². The molecule has 4 heteroatoms. The third kappa shape index (κ3) is 3.05. The van der Waals surface area contributed by atoms with Crippen LogP contribution in [0, 0.1) is 0 Å². The molecule has 0 aliphatic carbocycles. The molecule has 0 fully saturated rings. The summed E-state index contributed by atoms with van der Waals surface area (Å²) in [6.45, 7) is 3.07. The molecule has 80 valence electrons. The molecule has 0 aliphatic heterocycles. The zero-order chi connectivity index (χ0) is 10.7. The van der Waals surface area contributed by atoms with Crippen LogP contribution in [0.15, 0.2) is 28.3 Å². The van der Waals surface area contributed by atoms with Crippen LogP contribution in [-0.4, -0.2) is 0 Å². The van der Waals surface area contributed by atoms with Gasteiger partial charge in [0.25, 0.3) is 0 Å². The Hall–Kier alpha value is -0.350. The maximum atomic E-state index is 5.90. The van der Waals surface area contributed by atoms with Gasteiger partial charge in [-0.15, -0.1) is 11.3 Å². The Morgan fingerprint density at radius 2 is 2.33 bits per heavy atom. The van der Waals surface area contributed by atoms with Gasteiger partial charge in [0, 0.05) is 12.6 Å². The maximum Gasteiger partial charge on any atom is 0.0931 e. The van der Waals surface area contributed by atoms with E-state index in [1.165, 1.54) is 11.1 Å². The van der Waals surface area contributed by atoms with Crippen molar-refractivity contribution in [2.45, 2.75) is 19.5 Å². The molecule has 1 nitrogen and oxygen atoms in total. The number of halogens is 1. The Balaban J connectivity index is 1.90. The average molecular weight is 258 g/mol. The van der Waals surface area contributed by atoms with E-state index in [1.807, 2.05) is 6.07 Å². The topological polar surface area (TPSA) is 12.0 Å². The quantitative estimate of drug-likeness (QED) is 0.861. The smallest absolute Gasteiger partial charge is 0.0931 e. The van der Waals surface area contributed by atoms with E-state index in [-0.39, 0.29) is 0 Å². The lowest BCUT2D eigenvalue weighted by atomic mass is 10.2. The Morgan fingerprint density at radius 1 is 1.47 bits per heavy atom. The maximum absolute atomic E-state index is 5.90. The molecule has 0 spiro atoms. The van der Waals surface area contributed by atoms with E-state index in [0.717, 1.165) is 10.9 Å². The summed E-state index contributed by atoms with van der Waals surface area (Å²) >= 11 is 9.21. The van der Waals surface area contributed by atoms with Crippen LogP contribution in [0.3, 0.4) is 0 Å². The molecule has 2 heterocycles. The van der Waals surface area contributed by atoms with E-state index >= 15 is 0 Å². The average Bonchev–Trinajstić information content (AvgIpc) is 2.84. The van der Waals surface area contributed by atoms with Gasteiger partial charge in [0.2, 0.25) is 0 Å². The molecule has 0 bridgehead atoms. The van der Waals surface area contributed by atoms with Gasteiger partial charge in [0.1, 0.15) is 0 Å². The van der Waals surface area contributed by atoms with Crippen LogP contribution in [0.1, 0.15) is 24.1 Å². The zero-order valence-corrected chi connectivity index (χ0v) is 10.8. The van der Waals surface area contributed by atoms with Crippen molar-refractivity contribution in [1.82, 2.24) is 5.32 Å². The van der Waals surface area contributed by atoms with Gasteiger partial charge < -0.3 is 5.32 Å². The lowest BCUT2D eigenvalue weighted by Gasteiger charge is -2.11. The lowest BCUT2D eigenvalue weighted by Crippen LogP contribution is -2.17. The predicted molar refractivity (Wildman–Crippen MR) is 68.9 cm³/mol. The van der Waals surface area contributed by atoms with Crippen molar-refractivity contribution < 1.29 is 0 Å². The molecule has 1 N–H and O–H groups in total. The highest BCUT2D eigenvalue weighted by molar-refractivity contribution is 7.14. The molecule has 0 aliphatic rings. The second kappa shape index (κ2) is 5.12. The minimum atomic E-state index is 0.355.